The third-order valence-electron chi connectivity index (χ3n) is 6.43. The molecule has 0 spiro atoms. The minimum Gasteiger partial charge on any atom is -0.348 e. The maximum absolute atomic E-state index is 12.7. The average molecular weight is 474 g/mol. The van der Waals surface area contributed by atoms with Crippen LogP contribution in [-0.4, -0.2) is 54.0 Å². The number of para-hydroxylation sites is 1. The lowest BCUT2D eigenvalue weighted by Gasteiger charge is -2.19. The fourth-order valence-corrected chi connectivity index (χ4v) is 4.45. The SMILES string of the molecule is Cc1cc(NC(=O)NCCN2CCC(NC(=O)c3ccc(C(C)(C)C)cc3)C2)c2ccccc2n1. The Kier molecular flexibility index (Phi) is 7.36. The zero-order valence-electron chi connectivity index (χ0n) is 21.0. The number of urea groups is 1. The van der Waals surface area contributed by atoms with Gasteiger partial charge in [0.15, 0.2) is 0 Å². The van der Waals surface area contributed by atoms with E-state index in [1.54, 1.807) is 0 Å². The number of aryl methyl sites for hydroxylation is 1. The zero-order valence-corrected chi connectivity index (χ0v) is 21.0. The number of nitrogens with one attached hydrogen (secondary N) is 3. The van der Waals surface area contributed by atoms with E-state index in [1.165, 1.54) is 5.56 Å². The number of carbonyl (C=O) groups excluding carboxylic acids is 2. The number of hydrogen-bond acceptors (Lipinski definition) is 4. The van der Waals surface area contributed by atoms with Crippen LogP contribution in [0.3, 0.4) is 0 Å². The molecular weight excluding hydrogens is 438 g/mol. The average Bonchev–Trinajstić information content (AvgIpc) is 3.25. The quantitative estimate of drug-likeness (QED) is 0.493. The lowest BCUT2D eigenvalue weighted by atomic mass is 9.86. The maximum Gasteiger partial charge on any atom is 0.319 e. The first-order valence-corrected chi connectivity index (χ1v) is 12.2. The predicted molar refractivity (Wildman–Crippen MR) is 141 cm³/mol. The van der Waals surface area contributed by atoms with Gasteiger partial charge in [0.1, 0.15) is 0 Å². The number of anilines is 1. The first-order chi connectivity index (χ1) is 16.7. The molecule has 1 fully saturated rings. The lowest BCUT2D eigenvalue weighted by molar-refractivity contribution is 0.0938. The Hall–Kier alpha value is -3.45. The van der Waals surface area contributed by atoms with Gasteiger partial charge in [-0.1, -0.05) is 51.1 Å². The Morgan fingerprint density at radius 2 is 1.83 bits per heavy atom. The number of carbonyl (C=O) groups is 2. The van der Waals surface area contributed by atoms with Crippen molar-refractivity contribution < 1.29 is 9.59 Å². The number of benzene rings is 2. The molecule has 1 saturated heterocycles. The number of aromatic nitrogens is 1. The summed E-state index contributed by atoms with van der Waals surface area (Å²) >= 11 is 0. The van der Waals surface area contributed by atoms with Crippen molar-refractivity contribution in [1.29, 1.82) is 0 Å². The van der Waals surface area contributed by atoms with Gasteiger partial charge in [-0.05, 0) is 48.6 Å². The van der Waals surface area contributed by atoms with Crippen molar-refractivity contribution in [3.8, 4) is 0 Å². The monoisotopic (exact) mass is 473 g/mol. The standard InChI is InChI=1S/C28H35N5O2/c1-19-17-25(23-7-5-6-8-24(23)30-19)32-27(35)29-14-16-33-15-13-22(18-33)31-26(34)20-9-11-21(12-10-20)28(2,3)4/h5-12,17,22H,13-16,18H2,1-4H3,(H,31,34)(H2,29,30,32,35). The lowest BCUT2D eigenvalue weighted by Crippen LogP contribution is -2.39. The number of pyridine rings is 1. The second-order valence-electron chi connectivity index (χ2n) is 10.3. The van der Waals surface area contributed by atoms with Crippen molar-refractivity contribution in [2.75, 3.05) is 31.5 Å². The van der Waals surface area contributed by atoms with Gasteiger partial charge >= 0.3 is 6.03 Å². The van der Waals surface area contributed by atoms with Gasteiger partial charge in [0.25, 0.3) is 5.91 Å². The van der Waals surface area contributed by atoms with Gasteiger partial charge in [0, 0.05) is 48.9 Å². The Morgan fingerprint density at radius 3 is 2.57 bits per heavy atom. The molecule has 1 atom stereocenters. The molecule has 7 nitrogen and oxygen atoms in total. The molecule has 2 heterocycles. The topological polar surface area (TPSA) is 86.4 Å². The van der Waals surface area contributed by atoms with Crippen LogP contribution in [0, 0.1) is 6.92 Å². The Morgan fingerprint density at radius 1 is 1.09 bits per heavy atom. The molecule has 2 aromatic carbocycles. The minimum absolute atomic E-state index is 0.0327. The van der Waals surface area contributed by atoms with Crippen molar-refractivity contribution in [2.24, 2.45) is 0 Å². The van der Waals surface area contributed by atoms with Gasteiger partial charge < -0.3 is 16.0 Å². The molecule has 0 radical (unpaired) electrons. The number of fused-ring (bicyclic) bond motifs is 1. The highest BCUT2D eigenvalue weighted by atomic mass is 16.2. The van der Waals surface area contributed by atoms with E-state index in [0.29, 0.717) is 12.1 Å². The fraction of sp³-hybridized carbons (Fsp3) is 0.393. The second-order valence-corrected chi connectivity index (χ2v) is 10.3. The van der Waals surface area contributed by atoms with Crippen LogP contribution in [0.5, 0.6) is 0 Å². The van der Waals surface area contributed by atoms with E-state index in [2.05, 4.69) is 46.6 Å². The number of rotatable bonds is 6. The van der Waals surface area contributed by atoms with Crippen molar-refractivity contribution in [2.45, 2.75) is 45.6 Å². The molecule has 1 aromatic heterocycles. The molecule has 35 heavy (non-hydrogen) atoms. The summed E-state index contributed by atoms with van der Waals surface area (Å²) in [6.07, 6.45) is 0.903. The van der Waals surface area contributed by atoms with Crippen molar-refractivity contribution >= 4 is 28.5 Å². The van der Waals surface area contributed by atoms with Gasteiger partial charge in [-0.15, -0.1) is 0 Å². The van der Waals surface area contributed by atoms with E-state index in [0.717, 1.165) is 48.3 Å². The summed E-state index contributed by atoms with van der Waals surface area (Å²) in [6.45, 7) is 11.3. The molecule has 1 aliphatic rings. The first-order valence-electron chi connectivity index (χ1n) is 12.2. The van der Waals surface area contributed by atoms with E-state index in [1.807, 2.05) is 61.5 Å². The van der Waals surface area contributed by atoms with Crippen LogP contribution >= 0.6 is 0 Å². The molecule has 0 bridgehead atoms. The van der Waals surface area contributed by atoms with Crippen LogP contribution < -0.4 is 16.0 Å². The molecule has 3 N–H and O–H groups in total. The second kappa shape index (κ2) is 10.4. The molecule has 4 rings (SSSR count). The summed E-state index contributed by atoms with van der Waals surface area (Å²) in [5, 5.41) is 9.96. The largest absolute Gasteiger partial charge is 0.348 e. The van der Waals surface area contributed by atoms with Crippen molar-refractivity contribution in [1.82, 2.24) is 20.5 Å². The zero-order chi connectivity index (χ0) is 25.0. The molecular formula is C28H35N5O2. The maximum atomic E-state index is 12.7. The molecule has 184 valence electrons. The molecule has 3 amide bonds. The summed E-state index contributed by atoms with van der Waals surface area (Å²) in [7, 11) is 0. The van der Waals surface area contributed by atoms with Crippen molar-refractivity contribution in [3.05, 3.63) is 71.4 Å². The van der Waals surface area contributed by atoms with Gasteiger partial charge in [-0.2, -0.15) is 0 Å². The molecule has 1 aliphatic heterocycles. The van der Waals surface area contributed by atoms with Gasteiger partial charge in [-0.3, -0.25) is 14.7 Å². The number of nitrogens with zero attached hydrogens (tertiary/aromatic N) is 2. The third-order valence-corrected chi connectivity index (χ3v) is 6.43. The first kappa shape index (κ1) is 24.7. The van der Waals surface area contributed by atoms with Crippen LogP contribution in [0.2, 0.25) is 0 Å². The Labute approximate surface area is 207 Å². The Balaban J connectivity index is 1.21. The van der Waals surface area contributed by atoms with E-state index >= 15 is 0 Å². The van der Waals surface area contributed by atoms with Gasteiger partial charge in [0.2, 0.25) is 0 Å². The highest BCUT2D eigenvalue weighted by Gasteiger charge is 2.24. The van der Waals surface area contributed by atoms with Crippen LogP contribution in [0.1, 0.15) is 48.8 Å². The minimum atomic E-state index is -0.233. The Bertz CT molecular complexity index is 1200. The predicted octanol–water partition coefficient (Wildman–Crippen LogP) is 4.47. The van der Waals surface area contributed by atoms with Crippen molar-refractivity contribution in [3.63, 3.8) is 0 Å². The highest BCUT2D eigenvalue weighted by Crippen LogP contribution is 2.23. The van der Waals surface area contributed by atoms with Crippen LogP contribution in [-0.2, 0) is 5.41 Å². The molecule has 0 aliphatic carbocycles. The fourth-order valence-electron chi connectivity index (χ4n) is 4.45. The normalized spacial score (nSPS) is 16.3. The molecule has 1 unspecified atom stereocenters. The van der Waals surface area contributed by atoms with E-state index < -0.39 is 0 Å². The van der Waals surface area contributed by atoms with Gasteiger partial charge in [-0.25, -0.2) is 4.79 Å². The number of likely N-dealkylation sites (tertiary alicyclic amines) is 1. The summed E-state index contributed by atoms with van der Waals surface area (Å²) in [4.78, 5) is 31.9. The van der Waals surface area contributed by atoms with E-state index in [9.17, 15) is 9.59 Å². The van der Waals surface area contributed by atoms with E-state index in [4.69, 9.17) is 0 Å². The van der Waals surface area contributed by atoms with Gasteiger partial charge in [0.05, 0.1) is 11.2 Å². The third kappa shape index (κ3) is 6.36. The van der Waals surface area contributed by atoms with E-state index in [-0.39, 0.29) is 23.4 Å². The number of amides is 3. The van der Waals surface area contributed by atoms with Crippen LogP contribution in [0.25, 0.3) is 10.9 Å². The van der Waals surface area contributed by atoms with Crippen LogP contribution in [0.4, 0.5) is 10.5 Å². The smallest absolute Gasteiger partial charge is 0.319 e. The summed E-state index contributed by atoms with van der Waals surface area (Å²) in [6, 6.07) is 17.4. The molecule has 7 heteroatoms. The summed E-state index contributed by atoms with van der Waals surface area (Å²) < 4.78 is 0. The highest BCUT2D eigenvalue weighted by molar-refractivity contribution is 6.00. The van der Waals surface area contributed by atoms with Crippen LogP contribution in [0.15, 0.2) is 54.6 Å². The summed E-state index contributed by atoms with van der Waals surface area (Å²) in [5.41, 5.74) is 4.44. The summed E-state index contributed by atoms with van der Waals surface area (Å²) in [5.74, 6) is -0.0327. The molecule has 3 aromatic rings. The molecule has 0 saturated carbocycles. The number of hydrogen-bond donors (Lipinski definition) is 3.